The lowest BCUT2D eigenvalue weighted by Gasteiger charge is -2.19. The van der Waals surface area contributed by atoms with Gasteiger partial charge in [-0.25, -0.2) is 0 Å². The highest BCUT2D eigenvalue weighted by Gasteiger charge is 2.25. The van der Waals surface area contributed by atoms with Crippen LogP contribution in [0.25, 0.3) is 0 Å². The van der Waals surface area contributed by atoms with Crippen molar-refractivity contribution < 1.29 is 28.4 Å². The smallest absolute Gasteiger partial charge is 0.183 e. The van der Waals surface area contributed by atoms with E-state index in [1.54, 1.807) is 0 Å². The van der Waals surface area contributed by atoms with E-state index in [0.717, 1.165) is 0 Å². The van der Waals surface area contributed by atoms with Crippen molar-refractivity contribution in [3.05, 3.63) is 40.2 Å². The molecule has 3 rings (SSSR count). The second-order valence-corrected chi connectivity index (χ2v) is 9.47. The van der Waals surface area contributed by atoms with Gasteiger partial charge in [-0.15, -0.1) is 0 Å². The molecule has 0 atom stereocenters. The first-order chi connectivity index (χ1) is 16.3. The maximum Gasteiger partial charge on any atom is 0.183 e. The average molecular weight is 636 g/mol. The third kappa shape index (κ3) is 6.60. The standard InChI is InChI=1S/C20H16Cl8O6/c21-9-10(22)14(26)18-17(13(9)25)31-5-1-29-2-6-32-19-15(27)11(23)12(24)16(28)20(19)34-8-4-30-3-7-33-18/h1-8H2. The van der Waals surface area contributed by atoms with Crippen LogP contribution in [0.2, 0.25) is 40.2 Å². The molecule has 34 heavy (non-hydrogen) atoms. The highest BCUT2D eigenvalue weighted by Crippen LogP contribution is 2.51. The molecule has 0 saturated carbocycles. The van der Waals surface area contributed by atoms with Gasteiger partial charge in [0.05, 0.1) is 46.5 Å². The van der Waals surface area contributed by atoms with Crippen LogP contribution >= 0.6 is 92.8 Å². The fraction of sp³-hybridized carbons (Fsp3) is 0.400. The lowest BCUT2D eigenvalue weighted by molar-refractivity contribution is 0.0641. The van der Waals surface area contributed by atoms with E-state index < -0.39 is 0 Å². The molecule has 14 heteroatoms. The summed E-state index contributed by atoms with van der Waals surface area (Å²) in [5, 5.41) is 0.464. The van der Waals surface area contributed by atoms with E-state index in [9.17, 15) is 0 Å². The molecule has 0 saturated heterocycles. The van der Waals surface area contributed by atoms with Gasteiger partial charge >= 0.3 is 0 Å². The van der Waals surface area contributed by atoms with Crippen molar-refractivity contribution in [2.24, 2.45) is 0 Å². The van der Waals surface area contributed by atoms with Crippen molar-refractivity contribution in [1.29, 1.82) is 0 Å². The summed E-state index contributed by atoms with van der Waals surface area (Å²) in [6, 6.07) is 0. The van der Waals surface area contributed by atoms with Gasteiger partial charge in [-0.2, -0.15) is 0 Å². The van der Waals surface area contributed by atoms with E-state index in [0.29, 0.717) is 0 Å². The summed E-state index contributed by atoms with van der Waals surface area (Å²) in [5.74, 6) is 0.582. The number of fused-ring (bicyclic) bond motifs is 2. The Morgan fingerprint density at radius 1 is 0.294 bits per heavy atom. The Morgan fingerprint density at radius 3 is 0.706 bits per heavy atom. The predicted octanol–water partition coefficient (Wildman–Crippen LogP) is 8.18. The Balaban J connectivity index is 1.77. The molecule has 0 amide bonds. The summed E-state index contributed by atoms with van der Waals surface area (Å²) in [4.78, 5) is 0. The lowest BCUT2D eigenvalue weighted by Crippen LogP contribution is -2.16. The number of rotatable bonds is 0. The number of hydrogen-bond acceptors (Lipinski definition) is 6. The van der Waals surface area contributed by atoms with Crippen molar-refractivity contribution in [3.8, 4) is 23.0 Å². The summed E-state index contributed by atoms with van der Waals surface area (Å²) in [6.07, 6.45) is 0. The minimum atomic E-state index is 0.0495. The summed E-state index contributed by atoms with van der Waals surface area (Å²) in [6.45, 7) is 1.14. The molecule has 188 valence electrons. The Kier molecular flexibility index (Phi) is 11.2. The number of benzene rings is 2. The van der Waals surface area contributed by atoms with Crippen LogP contribution in [0.4, 0.5) is 0 Å². The third-order valence-electron chi connectivity index (χ3n) is 4.26. The monoisotopic (exact) mass is 632 g/mol. The van der Waals surface area contributed by atoms with Crippen LogP contribution in [-0.2, 0) is 9.47 Å². The lowest BCUT2D eigenvalue weighted by atomic mass is 10.3. The van der Waals surface area contributed by atoms with Gasteiger partial charge in [-0.05, 0) is 0 Å². The minimum absolute atomic E-state index is 0.0495. The van der Waals surface area contributed by atoms with Crippen LogP contribution in [0.3, 0.4) is 0 Å². The molecule has 2 aromatic carbocycles. The van der Waals surface area contributed by atoms with E-state index in [2.05, 4.69) is 0 Å². The van der Waals surface area contributed by atoms with Crippen molar-refractivity contribution in [2.75, 3.05) is 52.9 Å². The minimum Gasteiger partial charge on any atom is -0.486 e. The first-order valence-electron chi connectivity index (χ1n) is 9.64. The quantitative estimate of drug-likeness (QED) is 0.215. The van der Waals surface area contributed by atoms with E-state index in [-0.39, 0.29) is 116 Å². The van der Waals surface area contributed by atoms with Crippen LogP contribution in [0.1, 0.15) is 0 Å². The molecule has 1 aliphatic heterocycles. The zero-order valence-electron chi connectivity index (χ0n) is 17.1. The topological polar surface area (TPSA) is 55.4 Å². The molecular formula is C20H16Cl8O6. The van der Waals surface area contributed by atoms with Gasteiger partial charge in [0.2, 0.25) is 0 Å². The molecule has 0 radical (unpaired) electrons. The highest BCUT2D eigenvalue weighted by atomic mass is 35.5. The van der Waals surface area contributed by atoms with Gasteiger partial charge in [0.1, 0.15) is 46.5 Å². The molecule has 1 aliphatic rings. The molecule has 0 fully saturated rings. The fourth-order valence-corrected chi connectivity index (χ4v) is 4.57. The molecule has 0 N–H and O–H groups in total. The van der Waals surface area contributed by atoms with Crippen LogP contribution in [-0.4, -0.2) is 52.9 Å². The van der Waals surface area contributed by atoms with Crippen LogP contribution in [0, 0.1) is 0 Å². The zero-order valence-corrected chi connectivity index (χ0v) is 23.2. The summed E-state index contributed by atoms with van der Waals surface area (Å²) >= 11 is 49.8. The maximum atomic E-state index is 6.29. The van der Waals surface area contributed by atoms with E-state index in [1.165, 1.54) is 0 Å². The first-order valence-corrected chi connectivity index (χ1v) is 12.7. The Hall–Kier alpha value is -0.120. The summed E-state index contributed by atoms with van der Waals surface area (Å²) < 4.78 is 33.9. The van der Waals surface area contributed by atoms with Crippen molar-refractivity contribution in [3.63, 3.8) is 0 Å². The van der Waals surface area contributed by atoms with Crippen molar-refractivity contribution >= 4 is 92.8 Å². The van der Waals surface area contributed by atoms with Crippen LogP contribution in [0.15, 0.2) is 0 Å². The summed E-state index contributed by atoms with van der Waals surface area (Å²) in [7, 11) is 0. The van der Waals surface area contributed by atoms with Gasteiger partial charge < -0.3 is 28.4 Å². The molecule has 6 nitrogen and oxygen atoms in total. The normalized spacial score (nSPS) is 16.0. The van der Waals surface area contributed by atoms with Gasteiger partial charge in [-0.1, -0.05) is 92.8 Å². The largest absolute Gasteiger partial charge is 0.486 e. The number of halogens is 8. The van der Waals surface area contributed by atoms with Crippen LogP contribution < -0.4 is 18.9 Å². The fourth-order valence-electron chi connectivity index (χ4n) is 2.71. The SMILES string of the molecule is Clc1c(Cl)c(Cl)c2c(c1Cl)OCCOCCOc1c(Cl)c(Cl)c(Cl)c(Cl)c1OCCOCCO2. The highest BCUT2D eigenvalue weighted by molar-refractivity contribution is 6.53. The van der Waals surface area contributed by atoms with Gasteiger partial charge in [0, 0.05) is 0 Å². The zero-order chi connectivity index (χ0) is 24.8. The van der Waals surface area contributed by atoms with Gasteiger partial charge in [0.25, 0.3) is 0 Å². The van der Waals surface area contributed by atoms with Crippen molar-refractivity contribution in [1.82, 2.24) is 0 Å². The molecule has 0 aliphatic carbocycles. The molecule has 0 unspecified atom stereocenters. The molecule has 0 aromatic heterocycles. The summed E-state index contributed by atoms with van der Waals surface area (Å²) in [5.41, 5.74) is 0. The maximum absolute atomic E-state index is 6.29. The molecule has 0 bridgehead atoms. The second kappa shape index (κ2) is 13.4. The molecular weight excluding hydrogens is 620 g/mol. The van der Waals surface area contributed by atoms with Gasteiger partial charge in [0.15, 0.2) is 23.0 Å². The van der Waals surface area contributed by atoms with E-state index in [1.807, 2.05) is 0 Å². The Bertz CT molecular complexity index is 876. The Labute approximate surface area is 236 Å². The number of ether oxygens (including phenoxy) is 6. The molecule has 0 spiro atoms. The van der Waals surface area contributed by atoms with Gasteiger partial charge in [-0.3, -0.25) is 0 Å². The van der Waals surface area contributed by atoms with E-state index in [4.69, 9.17) is 121 Å². The predicted molar refractivity (Wildman–Crippen MR) is 137 cm³/mol. The first kappa shape index (κ1) is 28.5. The molecule has 2 aromatic rings. The van der Waals surface area contributed by atoms with Crippen LogP contribution in [0.5, 0.6) is 23.0 Å². The second-order valence-electron chi connectivity index (χ2n) is 6.45. The molecule has 1 heterocycles. The third-order valence-corrected chi connectivity index (χ3v) is 7.80. The van der Waals surface area contributed by atoms with Crippen molar-refractivity contribution in [2.45, 2.75) is 0 Å². The average Bonchev–Trinajstić information content (AvgIpc) is 2.83. The van der Waals surface area contributed by atoms with E-state index >= 15 is 0 Å². The number of hydrogen-bond donors (Lipinski definition) is 0. The Morgan fingerprint density at radius 2 is 0.500 bits per heavy atom.